The lowest BCUT2D eigenvalue weighted by atomic mass is 9.94. The zero-order chi connectivity index (χ0) is 36.0. The lowest BCUT2D eigenvalue weighted by molar-refractivity contribution is -0.137. The maximum atomic E-state index is 17.2. The fraction of sp³-hybridized carbons (Fsp3) is 0.441. The number of rotatable bonds is 6. The van der Waals surface area contributed by atoms with Crippen molar-refractivity contribution in [1.29, 1.82) is 0 Å². The van der Waals surface area contributed by atoms with E-state index in [0.717, 1.165) is 12.6 Å². The Morgan fingerprint density at radius 1 is 1.18 bits per heavy atom. The lowest BCUT2D eigenvalue weighted by Crippen LogP contribution is -2.43. The van der Waals surface area contributed by atoms with Gasteiger partial charge in [-0.15, -0.1) is 0 Å². The van der Waals surface area contributed by atoms with Gasteiger partial charge in [0.1, 0.15) is 53.4 Å². The summed E-state index contributed by atoms with van der Waals surface area (Å²) in [4.78, 5) is 21.3. The molecule has 0 unspecified atom stereocenters. The molecule has 0 radical (unpaired) electrons. The highest BCUT2D eigenvalue weighted by Crippen LogP contribution is 2.48. The summed E-state index contributed by atoms with van der Waals surface area (Å²) in [7, 11) is 0. The van der Waals surface area contributed by atoms with Crippen LogP contribution in [0.1, 0.15) is 55.8 Å². The molecule has 8 rings (SSSR count). The molecule has 268 valence electrons. The summed E-state index contributed by atoms with van der Waals surface area (Å²) >= 11 is 0. The van der Waals surface area contributed by atoms with Crippen LogP contribution in [0.25, 0.3) is 33.1 Å². The van der Waals surface area contributed by atoms with Crippen LogP contribution in [0, 0.1) is 18.6 Å². The second-order valence-electron chi connectivity index (χ2n) is 13.6. The average molecular weight is 714 g/mol. The van der Waals surface area contributed by atoms with Crippen molar-refractivity contribution in [3.8, 4) is 23.1 Å². The van der Waals surface area contributed by atoms with Gasteiger partial charge in [0.25, 0.3) is 0 Å². The predicted molar refractivity (Wildman–Crippen MR) is 175 cm³/mol. The zero-order valence-corrected chi connectivity index (χ0v) is 27.8. The largest absolute Gasteiger partial charge is 0.475 e. The number of nitrogens with two attached hydrogens (primary N) is 1. The number of aryl methyl sites for hydroxylation is 1. The highest BCUT2D eigenvalue weighted by Gasteiger charge is 2.49. The topological polar surface area (TPSA) is 131 Å². The van der Waals surface area contributed by atoms with Crippen molar-refractivity contribution in [3.05, 3.63) is 52.9 Å². The van der Waals surface area contributed by atoms with Crippen LogP contribution >= 0.6 is 0 Å². The number of ether oxygens (including phenoxy) is 2. The van der Waals surface area contributed by atoms with Gasteiger partial charge in [-0.05, 0) is 57.9 Å². The first-order valence-electron chi connectivity index (χ1n) is 16.5. The number of anilines is 2. The summed E-state index contributed by atoms with van der Waals surface area (Å²) in [6, 6.07) is 0.962. The van der Waals surface area contributed by atoms with Crippen molar-refractivity contribution >= 4 is 33.4 Å². The molecule has 17 heteroatoms. The van der Waals surface area contributed by atoms with Crippen LogP contribution < -0.4 is 20.1 Å². The fourth-order valence-electron chi connectivity index (χ4n) is 8.11. The Bertz CT molecular complexity index is 2200. The number of aromatic amines is 1. The van der Waals surface area contributed by atoms with E-state index in [2.05, 4.69) is 25.1 Å². The minimum atomic E-state index is -4.89. The second kappa shape index (κ2) is 11.8. The van der Waals surface area contributed by atoms with E-state index in [-0.39, 0.29) is 71.6 Å². The molecule has 51 heavy (non-hydrogen) atoms. The van der Waals surface area contributed by atoms with E-state index >= 15 is 4.39 Å². The molecule has 7 heterocycles. The number of nitrogen functional groups attached to an aromatic ring is 1. The molecular formula is C34H33F6N9O2. The van der Waals surface area contributed by atoms with Gasteiger partial charge in [0, 0.05) is 29.5 Å². The number of hydrogen-bond donors (Lipinski definition) is 2. The van der Waals surface area contributed by atoms with Crippen LogP contribution in [0.15, 0.2) is 24.5 Å². The number of H-pyrrole nitrogens is 1. The number of nitrogens with one attached hydrogen (secondary N) is 1. The van der Waals surface area contributed by atoms with Gasteiger partial charge < -0.3 is 20.1 Å². The van der Waals surface area contributed by atoms with Crippen molar-refractivity contribution in [2.75, 3.05) is 36.9 Å². The molecule has 0 bridgehead atoms. The number of hydrogen-bond acceptors (Lipinski definition) is 10. The van der Waals surface area contributed by atoms with Gasteiger partial charge in [0.2, 0.25) is 5.88 Å². The first-order valence-corrected chi connectivity index (χ1v) is 16.5. The van der Waals surface area contributed by atoms with E-state index in [1.807, 2.05) is 4.90 Å². The fourth-order valence-corrected chi connectivity index (χ4v) is 8.11. The highest BCUT2D eigenvalue weighted by molar-refractivity contribution is 6.02. The van der Waals surface area contributed by atoms with E-state index in [1.165, 1.54) is 25.3 Å². The molecule has 3 aliphatic heterocycles. The van der Waals surface area contributed by atoms with Crippen LogP contribution in [-0.4, -0.2) is 79.1 Å². The SMILES string of the molecule is Cc1cc2[nH]ncc2c(-c2nc3c4c(nc(OC[C@@]56CCCN5C[C@H](F)C6)nc4c2F)N([C@H](C)c2cc(F)cnc2N)[C@@H](C)CO3)c1C(F)(F)F. The lowest BCUT2D eigenvalue weighted by Gasteiger charge is -2.35. The molecule has 4 atom stereocenters. The Balaban J connectivity index is 1.37. The summed E-state index contributed by atoms with van der Waals surface area (Å²) in [6.45, 7) is 5.67. The van der Waals surface area contributed by atoms with E-state index in [0.29, 0.717) is 18.5 Å². The molecule has 3 aliphatic rings. The standard InChI is InChI=1S/C34H33F6N9O2/c1-15-7-22-21(11-43-47-22)23(25(15)34(38,39)40)27-26(37)28-24-30(46-32(45-28)51-14-33-5-4-6-48(33)12-19(36)9-33)49(16(2)13-50-31(24)44-27)17(3)20-8-18(35)10-42-29(20)41/h7-8,10-11,16-17,19H,4-6,9,12-14H2,1-3H3,(H2,41,42)(H,43,47)/t16-,17+,19+,33-/m0/s1. The Morgan fingerprint density at radius 2 is 1.98 bits per heavy atom. The number of alkyl halides is 4. The van der Waals surface area contributed by atoms with Crippen molar-refractivity contribution in [3.63, 3.8) is 0 Å². The minimum absolute atomic E-state index is 0.00109. The van der Waals surface area contributed by atoms with E-state index in [9.17, 15) is 22.0 Å². The Labute approximate surface area is 287 Å². The van der Waals surface area contributed by atoms with E-state index in [4.69, 9.17) is 20.2 Å². The first kappa shape index (κ1) is 33.2. The monoisotopic (exact) mass is 713 g/mol. The third-order valence-corrected chi connectivity index (χ3v) is 10.4. The summed E-state index contributed by atoms with van der Waals surface area (Å²) < 4.78 is 103. The highest BCUT2D eigenvalue weighted by atomic mass is 19.4. The second-order valence-corrected chi connectivity index (χ2v) is 13.6. The normalized spacial score (nSPS) is 22.7. The zero-order valence-electron chi connectivity index (χ0n) is 27.8. The van der Waals surface area contributed by atoms with Crippen molar-refractivity contribution in [2.45, 2.75) is 70.0 Å². The summed E-state index contributed by atoms with van der Waals surface area (Å²) in [6.07, 6.45) is -2.01. The smallest absolute Gasteiger partial charge is 0.417 e. The van der Waals surface area contributed by atoms with Crippen LogP contribution in [0.5, 0.6) is 11.9 Å². The average Bonchev–Trinajstić information content (AvgIpc) is 3.75. The van der Waals surface area contributed by atoms with Crippen LogP contribution in [0.2, 0.25) is 0 Å². The van der Waals surface area contributed by atoms with Gasteiger partial charge in [-0.25, -0.2) is 23.1 Å². The molecule has 0 saturated carbocycles. The van der Waals surface area contributed by atoms with Gasteiger partial charge in [-0.3, -0.25) is 10.00 Å². The van der Waals surface area contributed by atoms with Gasteiger partial charge in [-0.1, -0.05) is 0 Å². The molecule has 0 aliphatic carbocycles. The maximum Gasteiger partial charge on any atom is 0.417 e. The van der Waals surface area contributed by atoms with Gasteiger partial charge in [0.05, 0.1) is 41.1 Å². The van der Waals surface area contributed by atoms with Gasteiger partial charge in [0.15, 0.2) is 5.82 Å². The van der Waals surface area contributed by atoms with E-state index < -0.39 is 63.9 Å². The van der Waals surface area contributed by atoms with Crippen LogP contribution in [-0.2, 0) is 6.18 Å². The third-order valence-electron chi connectivity index (χ3n) is 10.4. The molecule has 4 aromatic heterocycles. The maximum absolute atomic E-state index is 17.2. The number of aromatic nitrogens is 6. The Morgan fingerprint density at radius 3 is 2.76 bits per heavy atom. The summed E-state index contributed by atoms with van der Waals surface area (Å²) in [5, 5.41) is 6.54. The third kappa shape index (κ3) is 5.34. The number of fused-ring (bicyclic) bond motifs is 2. The first-order chi connectivity index (χ1) is 24.3. The quantitative estimate of drug-likeness (QED) is 0.189. The number of halogens is 6. The van der Waals surface area contributed by atoms with Crippen molar-refractivity contribution in [2.24, 2.45) is 0 Å². The van der Waals surface area contributed by atoms with Crippen LogP contribution in [0.4, 0.5) is 38.0 Å². The van der Waals surface area contributed by atoms with Gasteiger partial charge >= 0.3 is 12.2 Å². The molecule has 3 N–H and O–H groups in total. The van der Waals surface area contributed by atoms with Crippen LogP contribution in [0.3, 0.4) is 0 Å². The van der Waals surface area contributed by atoms with E-state index in [1.54, 1.807) is 18.7 Å². The number of pyridine rings is 2. The number of nitrogens with zero attached hydrogens (tertiary/aromatic N) is 7. The molecule has 11 nitrogen and oxygen atoms in total. The summed E-state index contributed by atoms with van der Waals surface area (Å²) in [5.41, 5.74) is 3.27. The molecule has 5 aromatic rings. The Kier molecular flexibility index (Phi) is 7.70. The van der Waals surface area contributed by atoms with Gasteiger partial charge in [-0.2, -0.15) is 28.2 Å². The minimum Gasteiger partial charge on any atom is -0.475 e. The molecule has 0 amide bonds. The predicted octanol–water partition coefficient (Wildman–Crippen LogP) is 6.45. The Hall–Kier alpha value is -4.93. The number of benzene rings is 1. The molecule has 2 fully saturated rings. The summed E-state index contributed by atoms with van der Waals surface area (Å²) in [5.74, 6) is -1.89. The molecule has 1 aromatic carbocycles. The molecule has 0 spiro atoms. The van der Waals surface area contributed by atoms with Crippen molar-refractivity contribution in [1.82, 2.24) is 35.0 Å². The molecule has 2 saturated heterocycles. The molecular weight excluding hydrogens is 680 g/mol. The van der Waals surface area contributed by atoms with Crippen molar-refractivity contribution < 1.29 is 35.8 Å².